The molecule has 0 amide bonds. The quantitative estimate of drug-likeness (QED) is 0.314. The molecule has 0 aromatic rings. The number of hydrogen-bond donors (Lipinski definition) is 0. The first-order chi connectivity index (χ1) is 13.6. The van der Waals surface area contributed by atoms with Crippen molar-refractivity contribution in [2.24, 2.45) is 11.8 Å². The van der Waals surface area contributed by atoms with Crippen LogP contribution in [0.2, 0.25) is 0 Å². The van der Waals surface area contributed by atoms with E-state index in [0.29, 0.717) is 12.5 Å². The molecule has 0 aromatic carbocycles. The van der Waals surface area contributed by atoms with Crippen LogP contribution in [0.25, 0.3) is 0 Å². The Morgan fingerprint density at radius 3 is 2.10 bits per heavy atom. The minimum Gasteiger partial charge on any atom is -0.469 e. The highest BCUT2D eigenvalue weighted by molar-refractivity contribution is 5.69. The Morgan fingerprint density at radius 2 is 1.60 bits per heavy atom. The summed E-state index contributed by atoms with van der Waals surface area (Å²) in [5.41, 5.74) is 0. The zero-order chi connectivity index (χ0) is 23.0. The van der Waals surface area contributed by atoms with Crippen LogP contribution in [-0.2, 0) is 19.0 Å². The predicted molar refractivity (Wildman–Crippen MR) is 82.1 cm³/mol. The zero-order valence-corrected chi connectivity index (χ0v) is 15.6. The van der Waals surface area contributed by atoms with E-state index < -0.39 is 60.0 Å². The maximum absolute atomic E-state index is 13.7. The second kappa shape index (κ2) is 8.21. The summed E-state index contributed by atoms with van der Waals surface area (Å²) in [5.74, 6) is -22.7. The minimum atomic E-state index is -6.95. The molecule has 0 aromatic heterocycles. The van der Waals surface area contributed by atoms with Gasteiger partial charge in [-0.25, -0.2) is 0 Å². The highest BCUT2D eigenvalue weighted by Gasteiger charge is 2.81. The first-order valence-corrected chi connectivity index (χ1v) is 8.84. The summed E-state index contributed by atoms with van der Waals surface area (Å²) in [5, 5.41) is 0. The lowest BCUT2D eigenvalue weighted by atomic mass is 9.87. The van der Waals surface area contributed by atoms with Crippen molar-refractivity contribution in [3.63, 3.8) is 0 Å². The number of carbonyl (C=O) groups is 1. The molecule has 2 rings (SSSR count). The highest BCUT2D eigenvalue weighted by atomic mass is 19.4. The molecular formula is C17H19F9O4. The fourth-order valence-corrected chi connectivity index (χ4v) is 3.73. The standard InChI is InChI=1S/C17H19F9O4/c1-28-12(27)9-10-4-6-13(29-7-8-30-13)11(10)3-2-5-14(18,19)15(20,21)16(22,23)17(24,25)26/h2,5,10-11H,3-4,6-9H2,1H3/b5-2+. The Hall–Kier alpha value is -1.50. The van der Waals surface area contributed by atoms with Crippen LogP contribution in [0, 0.1) is 11.8 Å². The lowest BCUT2D eigenvalue weighted by Crippen LogP contribution is -2.60. The van der Waals surface area contributed by atoms with E-state index in [9.17, 15) is 44.3 Å². The van der Waals surface area contributed by atoms with Crippen molar-refractivity contribution in [3.05, 3.63) is 12.2 Å². The molecule has 1 saturated heterocycles. The Labute approximate surface area is 165 Å². The number of methoxy groups -OCH3 is 1. The molecule has 174 valence electrons. The average molecular weight is 458 g/mol. The third-order valence-electron chi connectivity index (χ3n) is 5.32. The zero-order valence-electron chi connectivity index (χ0n) is 15.6. The van der Waals surface area contributed by atoms with Crippen LogP contribution in [0.15, 0.2) is 12.2 Å². The number of allylic oxidation sites excluding steroid dienone is 2. The van der Waals surface area contributed by atoms with E-state index >= 15 is 0 Å². The van der Waals surface area contributed by atoms with E-state index in [1.807, 2.05) is 0 Å². The SMILES string of the molecule is COC(=O)CC1CCC2(OCCO2)C1C/C=C/C(F)(F)C(F)(F)C(F)(F)C(F)(F)F. The van der Waals surface area contributed by atoms with E-state index in [0.717, 1.165) is 7.11 Å². The molecule has 1 saturated carbocycles. The maximum Gasteiger partial charge on any atom is 0.460 e. The van der Waals surface area contributed by atoms with Crippen LogP contribution in [0.4, 0.5) is 39.5 Å². The molecule has 4 nitrogen and oxygen atoms in total. The fourth-order valence-electron chi connectivity index (χ4n) is 3.73. The predicted octanol–water partition coefficient (Wildman–Crippen LogP) is 4.73. The Kier molecular flexibility index (Phi) is 6.78. The van der Waals surface area contributed by atoms with Gasteiger partial charge in [-0.1, -0.05) is 6.08 Å². The van der Waals surface area contributed by atoms with Gasteiger partial charge in [0, 0.05) is 18.8 Å². The molecular weight excluding hydrogens is 439 g/mol. The van der Waals surface area contributed by atoms with Gasteiger partial charge in [0.05, 0.1) is 20.3 Å². The summed E-state index contributed by atoms with van der Waals surface area (Å²) in [4.78, 5) is 11.6. The van der Waals surface area contributed by atoms with Crippen molar-refractivity contribution >= 4 is 5.97 Å². The molecule has 13 heteroatoms. The van der Waals surface area contributed by atoms with Crippen molar-refractivity contribution in [3.8, 4) is 0 Å². The maximum atomic E-state index is 13.7. The fraction of sp³-hybridized carbons (Fsp3) is 0.824. The smallest absolute Gasteiger partial charge is 0.460 e. The van der Waals surface area contributed by atoms with Gasteiger partial charge in [0.25, 0.3) is 0 Å². The van der Waals surface area contributed by atoms with Crippen molar-refractivity contribution in [2.75, 3.05) is 20.3 Å². The van der Waals surface area contributed by atoms with Gasteiger partial charge in [0.2, 0.25) is 0 Å². The summed E-state index contributed by atoms with van der Waals surface area (Å²) in [7, 11) is 1.12. The van der Waals surface area contributed by atoms with Crippen molar-refractivity contribution < 1.29 is 58.5 Å². The second-order valence-electron chi connectivity index (χ2n) is 7.10. The molecule has 0 N–H and O–H groups in total. The summed E-state index contributed by atoms with van der Waals surface area (Å²) in [6, 6.07) is 0. The van der Waals surface area contributed by atoms with Crippen LogP contribution < -0.4 is 0 Å². The molecule has 0 bridgehead atoms. The van der Waals surface area contributed by atoms with Gasteiger partial charge in [0.15, 0.2) is 5.79 Å². The molecule has 1 heterocycles. The van der Waals surface area contributed by atoms with Crippen molar-refractivity contribution in [1.29, 1.82) is 0 Å². The number of ether oxygens (including phenoxy) is 3. The van der Waals surface area contributed by atoms with E-state index in [1.165, 1.54) is 0 Å². The van der Waals surface area contributed by atoms with Gasteiger partial charge in [-0.15, -0.1) is 0 Å². The van der Waals surface area contributed by atoms with Gasteiger partial charge < -0.3 is 14.2 Å². The van der Waals surface area contributed by atoms with E-state index in [1.54, 1.807) is 0 Å². The van der Waals surface area contributed by atoms with Crippen LogP contribution in [0.5, 0.6) is 0 Å². The van der Waals surface area contributed by atoms with Gasteiger partial charge in [0.1, 0.15) is 0 Å². The summed E-state index contributed by atoms with van der Waals surface area (Å²) in [6.07, 6.45) is -7.22. The molecule has 1 aliphatic carbocycles. The average Bonchev–Trinajstić information content (AvgIpc) is 3.22. The van der Waals surface area contributed by atoms with Gasteiger partial charge in [-0.05, 0) is 24.8 Å². The van der Waals surface area contributed by atoms with Crippen molar-refractivity contribution in [2.45, 2.75) is 55.4 Å². The molecule has 2 fully saturated rings. The Balaban J connectivity index is 2.21. The van der Waals surface area contributed by atoms with Crippen LogP contribution in [-0.4, -0.2) is 56.0 Å². The minimum absolute atomic E-state index is 0.150. The van der Waals surface area contributed by atoms with Gasteiger partial charge >= 0.3 is 29.9 Å². The number of rotatable bonds is 7. The normalized spacial score (nSPS) is 25.4. The Morgan fingerprint density at radius 1 is 1.03 bits per heavy atom. The molecule has 0 radical (unpaired) electrons. The topological polar surface area (TPSA) is 44.8 Å². The van der Waals surface area contributed by atoms with Crippen LogP contribution in [0.1, 0.15) is 25.7 Å². The monoisotopic (exact) mass is 458 g/mol. The first kappa shape index (κ1) is 24.8. The molecule has 2 aliphatic rings. The Bertz CT molecular complexity index is 654. The van der Waals surface area contributed by atoms with Crippen molar-refractivity contribution in [1.82, 2.24) is 0 Å². The van der Waals surface area contributed by atoms with Crippen LogP contribution >= 0.6 is 0 Å². The molecule has 1 aliphatic heterocycles. The third kappa shape index (κ3) is 4.27. The molecule has 2 atom stereocenters. The molecule has 2 unspecified atom stereocenters. The highest BCUT2D eigenvalue weighted by Crippen LogP contribution is 2.54. The summed E-state index contributed by atoms with van der Waals surface area (Å²) in [6.45, 7) is 0.300. The summed E-state index contributed by atoms with van der Waals surface area (Å²) < 4.78 is 132. The number of halogens is 9. The first-order valence-electron chi connectivity index (χ1n) is 8.84. The number of hydrogen-bond acceptors (Lipinski definition) is 4. The second-order valence-corrected chi connectivity index (χ2v) is 7.10. The third-order valence-corrected chi connectivity index (χ3v) is 5.32. The van der Waals surface area contributed by atoms with Gasteiger partial charge in [-0.2, -0.15) is 39.5 Å². The van der Waals surface area contributed by atoms with E-state index in [-0.39, 0.29) is 26.1 Å². The number of esters is 1. The lowest BCUT2D eigenvalue weighted by Gasteiger charge is -2.33. The lowest BCUT2D eigenvalue weighted by molar-refractivity contribution is -0.388. The van der Waals surface area contributed by atoms with E-state index in [2.05, 4.69) is 4.74 Å². The molecule has 30 heavy (non-hydrogen) atoms. The van der Waals surface area contributed by atoms with E-state index in [4.69, 9.17) is 9.47 Å². The summed E-state index contributed by atoms with van der Waals surface area (Å²) >= 11 is 0. The largest absolute Gasteiger partial charge is 0.469 e. The number of carbonyl (C=O) groups excluding carboxylic acids is 1. The van der Waals surface area contributed by atoms with Gasteiger partial charge in [-0.3, -0.25) is 4.79 Å². The number of alkyl halides is 9. The van der Waals surface area contributed by atoms with Crippen LogP contribution in [0.3, 0.4) is 0 Å². The molecule has 1 spiro atoms.